The number of ether oxygens (including phenoxy) is 1. The summed E-state index contributed by atoms with van der Waals surface area (Å²) < 4.78 is 5.94. The Morgan fingerprint density at radius 2 is 1.65 bits per heavy atom. The van der Waals surface area contributed by atoms with Crippen molar-refractivity contribution in [1.29, 1.82) is 0 Å². The maximum Gasteiger partial charge on any atom is 0.261 e. The van der Waals surface area contributed by atoms with Gasteiger partial charge >= 0.3 is 0 Å². The molecule has 2 amide bonds. The zero-order valence-electron chi connectivity index (χ0n) is 19.5. The molecule has 1 N–H and O–H groups in total. The standard InChI is InChI=1S/C27H30Cl2N2O3/c1-3-5-16-30-27(33)24(4-2)31(17-21-22(28)13-9-14-23(21)29)26(32)18-34-25-15-8-11-19-10-6-7-12-20(19)25/h6-15,24H,3-5,16-18H2,1-2H3,(H,30,33)/t24-/m1/s1. The van der Waals surface area contributed by atoms with Crippen molar-refractivity contribution in [1.82, 2.24) is 10.2 Å². The number of carbonyl (C=O) groups excluding carboxylic acids is 2. The van der Waals surface area contributed by atoms with Crippen LogP contribution >= 0.6 is 23.2 Å². The Bertz CT molecular complexity index is 1110. The first-order valence-electron chi connectivity index (χ1n) is 11.6. The zero-order valence-corrected chi connectivity index (χ0v) is 21.0. The van der Waals surface area contributed by atoms with Gasteiger partial charge in [0.25, 0.3) is 5.91 Å². The van der Waals surface area contributed by atoms with Crippen molar-refractivity contribution in [2.45, 2.75) is 45.7 Å². The van der Waals surface area contributed by atoms with E-state index in [4.69, 9.17) is 27.9 Å². The number of fused-ring (bicyclic) bond motifs is 1. The lowest BCUT2D eigenvalue weighted by Gasteiger charge is -2.31. The Balaban J connectivity index is 1.85. The van der Waals surface area contributed by atoms with Crippen LogP contribution in [-0.2, 0) is 16.1 Å². The predicted octanol–water partition coefficient (Wildman–Crippen LogP) is 6.25. The number of unbranched alkanes of at least 4 members (excludes halogenated alkanes) is 1. The van der Waals surface area contributed by atoms with E-state index in [0.717, 1.165) is 23.6 Å². The third-order valence-electron chi connectivity index (χ3n) is 5.71. The van der Waals surface area contributed by atoms with Crippen LogP contribution in [0, 0.1) is 0 Å². The molecule has 0 aliphatic carbocycles. The molecular weight excluding hydrogens is 471 g/mol. The number of nitrogens with one attached hydrogen (secondary N) is 1. The molecule has 34 heavy (non-hydrogen) atoms. The minimum Gasteiger partial charge on any atom is -0.483 e. The molecule has 180 valence electrons. The molecule has 7 heteroatoms. The first-order chi connectivity index (χ1) is 16.5. The van der Waals surface area contributed by atoms with Crippen LogP contribution in [0.15, 0.2) is 60.7 Å². The Hall–Kier alpha value is -2.76. The van der Waals surface area contributed by atoms with E-state index in [0.29, 0.717) is 34.3 Å². The van der Waals surface area contributed by atoms with Crippen molar-refractivity contribution < 1.29 is 14.3 Å². The molecule has 5 nitrogen and oxygen atoms in total. The van der Waals surface area contributed by atoms with Gasteiger partial charge in [0, 0.05) is 34.1 Å². The lowest BCUT2D eigenvalue weighted by Crippen LogP contribution is -2.50. The van der Waals surface area contributed by atoms with E-state index in [1.54, 1.807) is 18.2 Å². The molecule has 3 aromatic rings. The van der Waals surface area contributed by atoms with Crippen LogP contribution in [0.25, 0.3) is 10.8 Å². The molecule has 0 unspecified atom stereocenters. The van der Waals surface area contributed by atoms with Crippen LogP contribution < -0.4 is 10.1 Å². The fourth-order valence-electron chi connectivity index (χ4n) is 3.82. The Morgan fingerprint density at radius 1 is 0.971 bits per heavy atom. The van der Waals surface area contributed by atoms with Gasteiger partial charge in [-0.2, -0.15) is 0 Å². The number of amides is 2. The molecular formula is C27H30Cl2N2O3. The average molecular weight is 501 g/mol. The third-order valence-corrected chi connectivity index (χ3v) is 6.41. The van der Waals surface area contributed by atoms with Gasteiger partial charge in [-0.25, -0.2) is 0 Å². The summed E-state index contributed by atoms with van der Waals surface area (Å²) in [6, 6.07) is 18.1. The second-order valence-electron chi connectivity index (χ2n) is 8.06. The zero-order chi connectivity index (χ0) is 24.5. The molecule has 0 aliphatic heterocycles. The lowest BCUT2D eigenvalue weighted by atomic mass is 10.1. The van der Waals surface area contributed by atoms with Gasteiger partial charge in [-0.1, -0.05) is 85.9 Å². The summed E-state index contributed by atoms with van der Waals surface area (Å²) in [4.78, 5) is 28.0. The highest BCUT2D eigenvalue weighted by atomic mass is 35.5. The topological polar surface area (TPSA) is 58.6 Å². The SMILES string of the molecule is CCCCNC(=O)[C@@H](CC)N(Cc1c(Cl)cccc1Cl)C(=O)COc1cccc2ccccc12. The van der Waals surface area contributed by atoms with Gasteiger partial charge in [-0.05, 0) is 36.4 Å². The number of rotatable bonds is 11. The first kappa shape index (κ1) is 25.9. The molecule has 0 spiro atoms. The number of hydrogen-bond donors (Lipinski definition) is 1. The van der Waals surface area contributed by atoms with Crippen LogP contribution in [0.5, 0.6) is 5.75 Å². The number of benzene rings is 3. The van der Waals surface area contributed by atoms with Gasteiger partial charge in [0.05, 0.1) is 0 Å². The van der Waals surface area contributed by atoms with Gasteiger partial charge in [0.15, 0.2) is 6.61 Å². The van der Waals surface area contributed by atoms with Crippen molar-refractivity contribution in [3.05, 3.63) is 76.3 Å². The van der Waals surface area contributed by atoms with E-state index in [1.165, 1.54) is 4.90 Å². The lowest BCUT2D eigenvalue weighted by molar-refractivity contribution is -0.142. The number of carbonyl (C=O) groups is 2. The fraction of sp³-hybridized carbons (Fsp3) is 0.333. The molecule has 0 bridgehead atoms. The smallest absolute Gasteiger partial charge is 0.261 e. The molecule has 0 aliphatic rings. The summed E-state index contributed by atoms with van der Waals surface area (Å²) >= 11 is 12.8. The van der Waals surface area contributed by atoms with E-state index in [2.05, 4.69) is 12.2 Å². The fourth-order valence-corrected chi connectivity index (χ4v) is 4.34. The maximum atomic E-state index is 13.4. The van der Waals surface area contributed by atoms with Crippen LogP contribution in [0.2, 0.25) is 10.0 Å². The molecule has 3 aromatic carbocycles. The van der Waals surface area contributed by atoms with E-state index in [-0.39, 0.29) is 25.0 Å². The summed E-state index contributed by atoms with van der Waals surface area (Å²) in [5.74, 6) is 0.0988. The molecule has 0 aromatic heterocycles. The van der Waals surface area contributed by atoms with Gasteiger partial charge in [0.1, 0.15) is 11.8 Å². The highest BCUT2D eigenvalue weighted by Crippen LogP contribution is 2.28. The van der Waals surface area contributed by atoms with Crippen LogP contribution in [0.1, 0.15) is 38.7 Å². The van der Waals surface area contributed by atoms with Gasteiger partial charge in [-0.15, -0.1) is 0 Å². The highest BCUT2D eigenvalue weighted by Gasteiger charge is 2.30. The van der Waals surface area contributed by atoms with Gasteiger partial charge in [0.2, 0.25) is 5.91 Å². The molecule has 0 fully saturated rings. The van der Waals surface area contributed by atoms with Crippen molar-refractivity contribution in [2.24, 2.45) is 0 Å². The Kier molecular flexibility index (Phi) is 9.61. The van der Waals surface area contributed by atoms with E-state index < -0.39 is 6.04 Å². The van der Waals surface area contributed by atoms with Gasteiger partial charge in [-0.3, -0.25) is 9.59 Å². The summed E-state index contributed by atoms with van der Waals surface area (Å²) in [5.41, 5.74) is 0.601. The summed E-state index contributed by atoms with van der Waals surface area (Å²) in [6.07, 6.45) is 2.28. The summed E-state index contributed by atoms with van der Waals surface area (Å²) in [6.45, 7) is 4.39. The van der Waals surface area contributed by atoms with E-state index in [1.807, 2.05) is 49.4 Å². The third kappa shape index (κ3) is 6.43. The monoisotopic (exact) mass is 500 g/mol. The molecule has 1 atom stereocenters. The maximum absolute atomic E-state index is 13.4. The Morgan fingerprint density at radius 3 is 2.35 bits per heavy atom. The Labute approximate surface area is 211 Å². The van der Waals surface area contributed by atoms with Crippen LogP contribution in [-0.4, -0.2) is 35.9 Å². The van der Waals surface area contributed by atoms with Gasteiger partial charge < -0.3 is 15.0 Å². The van der Waals surface area contributed by atoms with Crippen molar-refractivity contribution in [3.63, 3.8) is 0 Å². The second-order valence-corrected chi connectivity index (χ2v) is 8.87. The highest BCUT2D eigenvalue weighted by molar-refractivity contribution is 6.36. The number of nitrogens with zero attached hydrogens (tertiary/aromatic N) is 1. The minimum absolute atomic E-state index is 0.107. The summed E-state index contributed by atoms with van der Waals surface area (Å²) in [5, 5.41) is 5.78. The van der Waals surface area contributed by atoms with E-state index >= 15 is 0 Å². The predicted molar refractivity (Wildman–Crippen MR) is 138 cm³/mol. The summed E-state index contributed by atoms with van der Waals surface area (Å²) in [7, 11) is 0. The van der Waals surface area contributed by atoms with Crippen molar-refractivity contribution >= 4 is 45.8 Å². The van der Waals surface area contributed by atoms with Crippen molar-refractivity contribution in [3.8, 4) is 5.75 Å². The van der Waals surface area contributed by atoms with Crippen molar-refractivity contribution in [2.75, 3.05) is 13.2 Å². The second kappa shape index (κ2) is 12.6. The van der Waals surface area contributed by atoms with E-state index in [9.17, 15) is 9.59 Å². The van der Waals surface area contributed by atoms with Crippen LogP contribution in [0.4, 0.5) is 0 Å². The molecule has 0 radical (unpaired) electrons. The largest absolute Gasteiger partial charge is 0.483 e. The molecule has 3 rings (SSSR count). The minimum atomic E-state index is -0.673. The normalized spacial score (nSPS) is 11.8. The molecule has 0 saturated heterocycles. The molecule has 0 saturated carbocycles. The van der Waals surface area contributed by atoms with Crippen LogP contribution in [0.3, 0.4) is 0 Å². The number of hydrogen-bond acceptors (Lipinski definition) is 3. The average Bonchev–Trinajstić information content (AvgIpc) is 2.84. The number of halogens is 2. The molecule has 0 heterocycles. The first-order valence-corrected chi connectivity index (χ1v) is 12.3. The quantitative estimate of drug-likeness (QED) is 0.316.